The molecule has 3 fully saturated rings. The lowest BCUT2D eigenvalue weighted by Crippen LogP contribution is -2.67. The fourth-order valence-corrected chi connectivity index (χ4v) is 2.41. The number of hydrogen-bond donors (Lipinski definition) is 0. The Morgan fingerprint density at radius 2 is 2.07 bits per heavy atom. The van der Waals surface area contributed by atoms with Crippen molar-refractivity contribution in [1.82, 2.24) is 9.80 Å². The summed E-state index contributed by atoms with van der Waals surface area (Å²) in [4.78, 5) is 13.4. The van der Waals surface area contributed by atoms with Crippen LogP contribution in [0.4, 0.5) is 0 Å². The summed E-state index contributed by atoms with van der Waals surface area (Å²) < 4.78 is 0. The molecule has 0 amide bonds. The third kappa shape index (κ3) is 1.91. The summed E-state index contributed by atoms with van der Waals surface area (Å²) in [5, 5.41) is 0. The van der Waals surface area contributed by atoms with Crippen molar-refractivity contribution < 1.29 is 0 Å². The monoisotopic (exact) mass is 208 g/mol. The molecule has 0 aromatic carbocycles. The van der Waals surface area contributed by atoms with E-state index in [1.165, 1.54) is 6.42 Å². The van der Waals surface area contributed by atoms with Crippen LogP contribution >= 0.6 is 0 Å². The molecule has 15 heavy (non-hydrogen) atoms. The zero-order chi connectivity index (χ0) is 10.8. The van der Waals surface area contributed by atoms with E-state index < -0.39 is 0 Å². The number of likely N-dealkylation sites (N-methyl/N-ethyl adjacent to an activating group) is 1. The van der Waals surface area contributed by atoms with Gasteiger partial charge >= 0.3 is 0 Å². The Balaban J connectivity index is 1.97. The van der Waals surface area contributed by atoms with Gasteiger partial charge < -0.3 is 4.90 Å². The highest BCUT2D eigenvalue weighted by Crippen LogP contribution is 2.30. The molecule has 3 saturated heterocycles. The molecule has 0 aromatic heterocycles. The topological polar surface area (TPSA) is 31.2 Å². The van der Waals surface area contributed by atoms with Crippen LogP contribution in [0.15, 0.2) is 9.98 Å². The number of piperazine rings is 1. The Hall–Kier alpha value is -0.900. The molecule has 3 heterocycles. The molecular weight excluding hydrogens is 188 g/mol. The van der Waals surface area contributed by atoms with E-state index in [1.807, 2.05) is 13.3 Å². The molecule has 4 heteroatoms. The van der Waals surface area contributed by atoms with Gasteiger partial charge in [0.05, 0.1) is 0 Å². The SMILES string of the molecule is CC/C=N\C(=NC)N1CC2CC(C1)N2C. The normalized spacial score (nSPS) is 32.2. The maximum absolute atomic E-state index is 4.40. The zero-order valence-electron chi connectivity index (χ0n) is 9.85. The summed E-state index contributed by atoms with van der Waals surface area (Å²) in [7, 11) is 4.04. The van der Waals surface area contributed by atoms with E-state index in [2.05, 4.69) is 33.8 Å². The van der Waals surface area contributed by atoms with Crippen LogP contribution in [0, 0.1) is 0 Å². The molecule has 4 nitrogen and oxygen atoms in total. The highest BCUT2D eigenvalue weighted by molar-refractivity contribution is 5.87. The minimum Gasteiger partial charge on any atom is -0.338 e. The van der Waals surface area contributed by atoms with Gasteiger partial charge in [0.15, 0.2) is 0 Å². The highest BCUT2D eigenvalue weighted by atomic mass is 15.4. The van der Waals surface area contributed by atoms with Crippen molar-refractivity contribution in [3.8, 4) is 0 Å². The van der Waals surface area contributed by atoms with E-state index in [0.29, 0.717) is 0 Å². The first-order valence-electron chi connectivity index (χ1n) is 5.72. The van der Waals surface area contributed by atoms with Crippen molar-refractivity contribution in [3.63, 3.8) is 0 Å². The second-order valence-corrected chi connectivity index (χ2v) is 4.36. The molecule has 84 valence electrons. The van der Waals surface area contributed by atoms with Gasteiger partial charge in [-0.05, 0) is 19.9 Å². The molecule has 0 N–H and O–H groups in total. The second kappa shape index (κ2) is 4.31. The lowest BCUT2D eigenvalue weighted by molar-refractivity contribution is -0.0262. The van der Waals surface area contributed by atoms with Crippen LogP contribution in [0.2, 0.25) is 0 Å². The van der Waals surface area contributed by atoms with Gasteiger partial charge in [0.2, 0.25) is 5.96 Å². The Kier molecular flexibility index (Phi) is 3.05. The number of guanidine groups is 1. The molecule has 0 aliphatic carbocycles. The molecule has 2 unspecified atom stereocenters. The number of fused-ring (bicyclic) bond motifs is 2. The van der Waals surface area contributed by atoms with Crippen molar-refractivity contribution in [3.05, 3.63) is 0 Å². The molecule has 2 atom stereocenters. The van der Waals surface area contributed by atoms with Crippen LogP contribution in [0.1, 0.15) is 19.8 Å². The molecule has 0 aromatic rings. The lowest BCUT2D eigenvalue weighted by Gasteiger charge is -2.55. The van der Waals surface area contributed by atoms with Gasteiger partial charge in [-0.15, -0.1) is 0 Å². The first kappa shape index (κ1) is 10.6. The zero-order valence-corrected chi connectivity index (χ0v) is 9.85. The van der Waals surface area contributed by atoms with Crippen LogP contribution in [0.25, 0.3) is 0 Å². The maximum Gasteiger partial charge on any atom is 0.220 e. The smallest absolute Gasteiger partial charge is 0.220 e. The average Bonchev–Trinajstić information content (AvgIpc) is 2.29. The van der Waals surface area contributed by atoms with Gasteiger partial charge in [-0.25, -0.2) is 4.99 Å². The molecular formula is C11H20N4. The van der Waals surface area contributed by atoms with Crippen molar-refractivity contribution in [2.45, 2.75) is 31.8 Å². The van der Waals surface area contributed by atoms with Crippen molar-refractivity contribution in [2.24, 2.45) is 9.98 Å². The Morgan fingerprint density at radius 3 is 2.53 bits per heavy atom. The molecule has 3 aliphatic heterocycles. The maximum atomic E-state index is 4.40. The number of hydrogen-bond acceptors (Lipinski definition) is 2. The van der Waals surface area contributed by atoms with E-state index >= 15 is 0 Å². The number of rotatable bonds is 1. The van der Waals surface area contributed by atoms with Crippen molar-refractivity contribution >= 4 is 12.2 Å². The lowest BCUT2D eigenvalue weighted by atomic mass is 9.88. The number of aliphatic imine (C=N–C) groups is 2. The Morgan fingerprint density at radius 1 is 1.40 bits per heavy atom. The first-order chi connectivity index (χ1) is 7.26. The van der Waals surface area contributed by atoms with E-state index in [0.717, 1.165) is 37.6 Å². The van der Waals surface area contributed by atoms with Crippen LogP contribution in [0.5, 0.6) is 0 Å². The van der Waals surface area contributed by atoms with Gasteiger partial charge in [0.25, 0.3) is 0 Å². The molecule has 0 saturated carbocycles. The fraction of sp³-hybridized carbons (Fsp3) is 0.818. The Labute approximate surface area is 91.7 Å². The molecule has 0 spiro atoms. The highest BCUT2D eigenvalue weighted by Gasteiger charge is 2.42. The van der Waals surface area contributed by atoms with Crippen LogP contribution in [-0.4, -0.2) is 61.2 Å². The molecule has 2 bridgehead atoms. The largest absolute Gasteiger partial charge is 0.338 e. The van der Waals surface area contributed by atoms with E-state index in [1.54, 1.807) is 0 Å². The van der Waals surface area contributed by atoms with Crippen LogP contribution in [-0.2, 0) is 0 Å². The van der Waals surface area contributed by atoms with Gasteiger partial charge in [0, 0.05) is 38.4 Å². The summed E-state index contributed by atoms with van der Waals surface area (Å²) in [5.74, 6) is 0.902. The predicted octanol–water partition coefficient (Wildman–Crippen LogP) is 0.841. The first-order valence-corrected chi connectivity index (χ1v) is 5.72. The van der Waals surface area contributed by atoms with Gasteiger partial charge in [-0.2, -0.15) is 0 Å². The summed E-state index contributed by atoms with van der Waals surface area (Å²) in [6.07, 6.45) is 4.26. The standard InChI is InChI=1S/C11H20N4/c1-4-5-13-11(12-2)15-7-9-6-10(8-15)14(9)3/h5,9-10H,4,6-8H2,1-3H3/b12-11?,13-5-. The third-order valence-electron chi connectivity index (χ3n) is 3.43. The summed E-state index contributed by atoms with van der Waals surface area (Å²) in [5.41, 5.74) is 0. The van der Waals surface area contributed by atoms with Crippen molar-refractivity contribution in [1.29, 1.82) is 0 Å². The summed E-state index contributed by atoms with van der Waals surface area (Å²) >= 11 is 0. The summed E-state index contributed by atoms with van der Waals surface area (Å²) in [6, 6.07) is 1.44. The van der Waals surface area contributed by atoms with Gasteiger partial charge in [-0.1, -0.05) is 6.92 Å². The summed E-state index contributed by atoms with van der Waals surface area (Å²) in [6.45, 7) is 4.26. The molecule has 3 aliphatic rings. The molecule has 0 radical (unpaired) electrons. The van der Waals surface area contributed by atoms with E-state index in [9.17, 15) is 0 Å². The Bertz CT molecular complexity index is 272. The quantitative estimate of drug-likeness (QED) is 0.472. The minimum atomic E-state index is 0.720. The van der Waals surface area contributed by atoms with Gasteiger partial charge in [-0.3, -0.25) is 9.89 Å². The third-order valence-corrected chi connectivity index (χ3v) is 3.43. The van der Waals surface area contributed by atoms with Gasteiger partial charge in [0.1, 0.15) is 0 Å². The number of nitrogens with zero attached hydrogens (tertiary/aromatic N) is 4. The second-order valence-electron chi connectivity index (χ2n) is 4.36. The van der Waals surface area contributed by atoms with Crippen LogP contribution < -0.4 is 0 Å². The van der Waals surface area contributed by atoms with E-state index in [-0.39, 0.29) is 0 Å². The van der Waals surface area contributed by atoms with E-state index in [4.69, 9.17) is 0 Å². The van der Waals surface area contributed by atoms with Crippen molar-refractivity contribution in [2.75, 3.05) is 27.2 Å². The number of piperidine rings is 1. The van der Waals surface area contributed by atoms with Crippen LogP contribution in [0.3, 0.4) is 0 Å². The molecule has 3 rings (SSSR count). The fourth-order valence-electron chi connectivity index (χ4n) is 2.41. The predicted molar refractivity (Wildman–Crippen MR) is 63.7 cm³/mol. The minimum absolute atomic E-state index is 0.720. The average molecular weight is 208 g/mol.